The molecular formula is C22H28N4O. The second-order valence-corrected chi connectivity index (χ2v) is 7.78. The molecule has 142 valence electrons. The number of fused-ring (bicyclic) bond motifs is 1. The highest BCUT2D eigenvalue weighted by molar-refractivity contribution is 6.30. The largest absolute Gasteiger partial charge is 0.302 e. The van der Waals surface area contributed by atoms with E-state index in [1.807, 2.05) is 13.0 Å². The van der Waals surface area contributed by atoms with Crippen LogP contribution in [0.1, 0.15) is 43.4 Å². The number of ketones is 1. The topological polar surface area (TPSA) is 48.3 Å². The summed E-state index contributed by atoms with van der Waals surface area (Å²) in [5.41, 5.74) is 6.30. The van der Waals surface area contributed by atoms with Crippen molar-refractivity contribution in [3.63, 3.8) is 0 Å². The number of carbonyl (C=O) groups excluding carboxylic acids is 1. The van der Waals surface area contributed by atoms with Gasteiger partial charge in [0.2, 0.25) is 0 Å². The summed E-state index contributed by atoms with van der Waals surface area (Å²) in [4.78, 5) is 17.8. The zero-order valence-electron chi connectivity index (χ0n) is 16.4. The van der Waals surface area contributed by atoms with Gasteiger partial charge in [0.25, 0.3) is 0 Å². The van der Waals surface area contributed by atoms with Crippen molar-refractivity contribution in [2.24, 2.45) is 10.2 Å². The van der Waals surface area contributed by atoms with Gasteiger partial charge in [-0.3, -0.25) is 9.69 Å². The van der Waals surface area contributed by atoms with Crippen molar-refractivity contribution in [3.05, 3.63) is 41.0 Å². The van der Waals surface area contributed by atoms with Crippen LogP contribution in [0.5, 0.6) is 0 Å². The van der Waals surface area contributed by atoms with Crippen LogP contribution in [0, 0.1) is 0 Å². The first-order chi connectivity index (χ1) is 13.1. The van der Waals surface area contributed by atoms with Crippen molar-refractivity contribution >= 4 is 22.8 Å². The maximum atomic E-state index is 12.7. The molecule has 4 rings (SSSR count). The Hall–Kier alpha value is -2.11. The molecule has 0 N–H and O–H groups in total. The lowest BCUT2D eigenvalue weighted by Crippen LogP contribution is -2.30. The zero-order valence-corrected chi connectivity index (χ0v) is 16.4. The summed E-state index contributed by atoms with van der Waals surface area (Å²) in [7, 11) is 0. The van der Waals surface area contributed by atoms with E-state index < -0.39 is 0 Å². The van der Waals surface area contributed by atoms with Gasteiger partial charge >= 0.3 is 0 Å². The molecule has 0 unspecified atom stereocenters. The van der Waals surface area contributed by atoms with Gasteiger partial charge in [0.05, 0.1) is 5.71 Å². The van der Waals surface area contributed by atoms with Crippen LogP contribution < -0.4 is 0 Å². The Morgan fingerprint density at radius 2 is 1.89 bits per heavy atom. The number of hydrogen-bond acceptors (Lipinski definition) is 5. The highest BCUT2D eigenvalue weighted by atomic mass is 16.1. The highest BCUT2D eigenvalue weighted by Gasteiger charge is 2.28. The Morgan fingerprint density at radius 3 is 2.67 bits per heavy atom. The fourth-order valence-electron chi connectivity index (χ4n) is 4.31. The van der Waals surface area contributed by atoms with Crippen LogP contribution in [-0.2, 0) is 17.8 Å². The van der Waals surface area contributed by atoms with Crippen LogP contribution in [0.2, 0.25) is 0 Å². The van der Waals surface area contributed by atoms with Crippen molar-refractivity contribution < 1.29 is 4.79 Å². The first-order valence-corrected chi connectivity index (χ1v) is 10.0. The molecule has 1 aromatic rings. The minimum absolute atomic E-state index is 0.206. The third kappa shape index (κ3) is 3.94. The van der Waals surface area contributed by atoms with Gasteiger partial charge in [-0.25, -0.2) is 0 Å². The Balaban J connectivity index is 1.58. The van der Waals surface area contributed by atoms with E-state index in [2.05, 4.69) is 45.1 Å². The Morgan fingerprint density at radius 1 is 1.07 bits per heavy atom. The van der Waals surface area contributed by atoms with Crippen molar-refractivity contribution in [3.8, 4) is 0 Å². The van der Waals surface area contributed by atoms with E-state index >= 15 is 0 Å². The first-order valence-electron chi connectivity index (χ1n) is 10.0. The van der Waals surface area contributed by atoms with Gasteiger partial charge in [0.15, 0.2) is 5.78 Å². The molecule has 5 heteroatoms. The number of rotatable bonds is 4. The third-order valence-corrected chi connectivity index (χ3v) is 5.78. The van der Waals surface area contributed by atoms with Crippen LogP contribution in [0.25, 0.3) is 5.57 Å². The van der Waals surface area contributed by atoms with Gasteiger partial charge in [-0.2, -0.15) is 10.2 Å². The molecule has 5 nitrogen and oxygen atoms in total. The van der Waals surface area contributed by atoms with Gasteiger partial charge in [0, 0.05) is 43.8 Å². The molecule has 2 heterocycles. The molecule has 0 spiro atoms. The third-order valence-electron chi connectivity index (χ3n) is 5.78. The first kappa shape index (κ1) is 18.3. The SMILES string of the molecule is CCN1CCCN(Cc2cccc3c2/C(=C/C2=NN=C(C)C2)C(=O)C3)CC1. The normalized spacial score (nSPS) is 22.7. The van der Waals surface area contributed by atoms with Crippen LogP contribution in [0.3, 0.4) is 0 Å². The van der Waals surface area contributed by atoms with E-state index in [9.17, 15) is 4.79 Å². The van der Waals surface area contributed by atoms with E-state index in [4.69, 9.17) is 0 Å². The van der Waals surface area contributed by atoms with E-state index in [1.54, 1.807) is 0 Å². The average molecular weight is 364 g/mol. The molecule has 3 aliphatic rings. The van der Waals surface area contributed by atoms with Crippen molar-refractivity contribution in [1.82, 2.24) is 9.80 Å². The number of benzene rings is 1. The highest BCUT2D eigenvalue weighted by Crippen LogP contribution is 2.33. The standard InChI is InChI=1S/C22H28N4O/c1-3-25-8-5-9-26(11-10-25)15-18-7-4-6-17-13-21(27)20(22(17)18)14-19-12-16(2)23-24-19/h4,6-7,14H,3,5,8-13,15H2,1-2H3/b20-14+. The number of Topliss-reactive ketones (excluding diaryl/α,β-unsaturated/α-hetero) is 1. The van der Waals surface area contributed by atoms with Crippen molar-refractivity contribution in [2.45, 2.75) is 39.7 Å². The van der Waals surface area contributed by atoms with E-state index in [1.165, 1.54) is 18.5 Å². The second-order valence-electron chi connectivity index (χ2n) is 7.78. The summed E-state index contributed by atoms with van der Waals surface area (Å²) in [6.07, 6.45) is 4.43. The lowest BCUT2D eigenvalue weighted by molar-refractivity contribution is -0.112. The van der Waals surface area contributed by atoms with Crippen LogP contribution >= 0.6 is 0 Å². The number of nitrogens with zero attached hydrogens (tertiary/aromatic N) is 4. The zero-order chi connectivity index (χ0) is 18.8. The van der Waals surface area contributed by atoms with E-state index in [0.29, 0.717) is 6.42 Å². The molecule has 1 aromatic carbocycles. The molecule has 1 saturated heterocycles. The summed E-state index contributed by atoms with van der Waals surface area (Å²) < 4.78 is 0. The molecule has 0 amide bonds. The fourth-order valence-corrected chi connectivity index (χ4v) is 4.31. The van der Waals surface area contributed by atoms with Gasteiger partial charge < -0.3 is 4.90 Å². The molecule has 1 fully saturated rings. The molecule has 0 bridgehead atoms. The maximum absolute atomic E-state index is 12.7. The summed E-state index contributed by atoms with van der Waals surface area (Å²) in [6, 6.07) is 6.38. The van der Waals surface area contributed by atoms with Crippen LogP contribution in [-0.4, -0.2) is 59.7 Å². The predicted molar refractivity (Wildman–Crippen MR) is 110 cm³/mol. The number of allylic oxidation sites excluding steroid dienone is 2. The Labute approximate surface area is 161 Å². The number of carbonyl (C=O) groups is 1. The number of likely N-dealkylation sites (N-methyl/N-ethyl adjacent to an activating group) is 1. The summed E-state index contributed by atoms with van der Waals surface area (Å²) in [5.74, 6) is 0.206. The van der Waals surface area contributed by atoms with Gasteiger partial charge in [-0.05, 0) is 55.7 Å². The minimum atomic E-state index is 0.206. The fraction of sp³-hybridized carbons (Fsp3) is 0.500. The average Bonchev–Trinajstić information content (AvgIpc) is 3.11. The van der Waals surface area contributed by atoms with Gasteiger partial charge in [-0.1, -0.05) is 25.1 Å². The van der Waals surface area contributed by atoms with Gasteiger partial charge in [0.1, 0.15) is 0 Å². The summed E-state index contributed by atoms with van der Waals surface area (Å²) in [6.45, 7) is 10.8. The molecule has 0 saturated carbocycles. The molecule has 2 aliphatic heterocycles. The molecule has 0 aromatic heterocycles. The second kappa shape index (κ2) is 7.87. The smallest absolute Gasteiger partial charge is 0.167 e. The Bertz CT molecular complexity index is 837. The molecule has 1 aliphatic carbocycles. The monoisotopic (exact) mass is 364 g/mol. The summed E-state index contributed by atoms with van der Waals surface area (Å²) in [5, 5.41) is 8.34. The molecular weight excluding hydrogens is 336 g/mol. The van der Waals surface area contributed by atoms with Gasteiger partial charge in [-0.15, -0.1) is 0 Å². The quantitative estimate of drug-likeness (QED) is 0.772. The van der Waals surface area contributed by atoms with Crippen LogP contribution in [0.15, 0.2) is 34.5 Å². The molecule has 0 atom stereocenters. The predicted octanol–water partition coefficient (Wildman–Crippen LogP) is 2.94. The lowest BCUT2D eigenvalue weighted by Gasteiger charge is -2.22. The van der Waals surface area contributed by atoms with E-state index in [0.717, 1.165) is 67.3 Å². The van der Waals surface area contributed by atoms with Crippen LogP contribution in [0.4, 0.5) is 0 Å². The minimum Gasteiger partial charge on any atom is -0.302 e. The van der Waals surface area contributed by atoms with Crippen molar-refractivity contribution in [2.75, 3.05) is 32.7 Å². The summed E-state index contributed by atoms with van der Waals surface area (Å²) >= 11 is 0. The Kier molecular flexibility index (Phi) is 5.32. The number of hydrogen-bond donors (Lipinski definition) is 0. The lowest BCUT2D eigenvalue weighted by atomic mass is 9.98. The maximum Gasteiger partial charge on any atom is 0.167 e. The van der Waals surface area contributed by atoms with Crippen molar-refractivity contribution in [1.29, 1.82) is 0 Å². The van der Waals surface area contributed by atoms with E-state index in [-0.39, 0.29) is 5.78 Å². The molecule has 27 heavy (non-hydrogen) atoms. The molecule has 0 radical (unpaired) electrons.